The van der Waals surface area contributed by atoms with E-state index < -0.39 is 51.0 Å². The van der Waals surface area contributed by atoms with Gasteiger partial charge in [-0.15, -0.1) is 0 Å². The molecule has 1 unspecified atom stereocenters. The summed E-state index contributed by atoms with van der Waals surface area (Å²) in [7, 11) is -2.49. The minimum absolute atomic E-state index is 0.0934. The van der Waals surface area contributed by atoms with Crippen molar-refractivity contribution in [3.63, 3.8) is 0 Å². The smallest absolute Gasteiger partial charge is 0.341 e. The van der Waals surface area contributed by atoms with Gasteiger partial charge in [0.15, 0.2) is 21.4 Å². The Balaban J connectivity index is 2.00. The SMILES string of the molecule is COc1cccc(-n2c(=O)n(Cc3ccccc3S(C)(=O)=O)c(=O)n(CC(N)c3ccccc3)c2=O)c1F. The summed E-state index contributed by atoms with van der Waals surface area (Å²) in [6.45, 7) is -0.825. The van der Waals surface area contributed by atoms with Gasteiger partial charge in [-0.3, -0.25) is 0 Å². The lowest BCUT2D eigenvalue weighted by Gasteiger charge is -2.18. The Hall–Kier alpha value is -4.29. The predicted molar refractivity (Wildman–Crippen MR) is 139 cm³/mol. The second-order valence-electron chi connectivity index (χ2n) is 8.57. The van der Waals surface area contributed by atoms with E-state index in [-0.39, 0.29) is 22.8 Å². The Morgan fingerprint density at radius 1 is 0.868 bits per heavy atom. The lowest BCUT2D eigenvalue weighted by atomic mass is 10.1. The molecule has 0 saturated carbocycles. The summed E-state index contributed by atoms with van der Waals surface area (Å²) >= 11 is 0. The van der Waals surface area contributed by atoms with Crippen LogP contribution in [0.1, 0.15) is 17.2 Å². The maximum atomic E-state index is 15.2. The second kappa shape index (κ2) is 10.6. The Morgan fingerprint density at radius 2 is 1.50 bits per heavy atom. The van der Waals surface area contributed by atoms with Crippen molar-refractivity contribution >= 4 is 9.84 Å². The third-order valence-corrected chi connectivity index (χ3v) is 7.21. The van der Waals surface area contributed by atoms with Crippen molar-refractivity contribution in [1.29, 1.82) is 0 Å². The third kappa shape index (κ3) is 5.08. The van der Waals surface area contributed by atoms with Gasteiger partial charge in [-0.1, -0.05) is 54.6 Å². The number of halogens is 1. The number of benzene rings is 3. The molecule has 0 saturated heterocycles. The number of sulfone groups is 1. The van der Waals surface area contributed by atoms with Gasteiger partial charge in [-0.05, 0) is 29.3 Å². The number of nitrogens with two attached hydrogens (primary N) is 1. The fourth-order valence-corrected chi connectivity index (χ4v) is 5.06. The van der Waals surface area contributed by atoms with Gasteiger partial charge in [0, 0.05) is 12.3 Å². The molecule has 10 nitrogen and oxygen atoms in total. The van der Waals surface area contributed by atoms with Crippen LogP contribution in [0.2, 0.25) is 0 Å². The van der Waals surface area contributed by atoms with Gasteiger partial charge in [0.2, 0.25) is 0 Å². The zero-order valence-electron chi connectivity index (χ0n) is 20.6. The molecule has 4 aromatic rings. The first-order valence-electron chi connectivity index (χ1n) is 11.4. The lowest BCUT2D eigenvalue weighted by Crippen LogP contribution is -2.55. The maximum Gasteiger partial charge on any atom is 0.341 e. The van der Waals surface area contributed by atoms with Gasteiger partial charge in [0.1, 0.15) is 0 Å². The molecule has 0 bridgehead atoms. The molecule has 1 atom stereocenters. The molecule has 0 aliphatic heterocycles. The van der Waals surface area contributed by atoms with Crippen LogP contribution < -0.4 is 27.5 Å². The molecule has 0 amide bonds. The van der Waals surface area contributed by atoms with Crippen LogP contribution >= 0.6 is 0 Å². The van der Waals surface area contributed by atoms with Crippen molar-refractivity contribution in [2.45, 2.75) is 24.0 Å². The Morgan fingerprint density at radius 3 is 2.16 bits per heavy atom. The Labute approximate surface area is 216 Å². The Bertz CT molecular complexity index is 1780. The molecule has 0 spiro atoms. The topological polar surface area (TPSA) is 135 Å². The highest BCUT2D eigenvalue weighted by Gasteiger charge is 2.23. The van der Waals surface area contributed by atoms with E-state index in [9.17, 15) is 22.8 Å². The van der Waals surface area contributed by atoms with Gasteiger partial charge < -0.3 is 10.5 Å². The first-order valence-corrected chi connectivity index (χ1v) is 13.3. The monoisotopic (exact) mass is 540 g/mol. The highest BCUT2D eigenvalue weighted by Crippen LogP contribution is 2.21. The normalized spacial score (nSPS) is 12.3. The highest BCUT2D eigenvalue weighted by atomic mass is 32.2. The quantitative estimate of drug-likeness (QED) is 0.357. The molecular weight excluding hydrogens is 515 g/mol. The molecule has 38 heavy (non-hydrogen) atoms. The molecule has 3 aromatic carbocycles. The van der Waals surface area contributed by atoms with Crippen LogP contribution in [0.15, 0.2) is 92.1 Å². The first-order chi connectivity index (χ1) is 18.0. The molecule has 0 fully saturated rings. The Kier molecular flexibility index (Phi) is 7.46. The molecule has 1 aromatic heterocycles. The molecule has 198 valence electrons. The van der Waals surface area contributed by atoms with E-state index in [4.69, 9.17) is 10.5 Å². The van der Waals surface area contributed by atoms with Crippen LogP contribution in [-0.2, 0) is 22.9 Å². The van der Waals surface area contributed by atoms with E-state index in [1.165, 1.54) is 43.5 Å². The van der Waals surface area contributed by atoms with E-state index in [2.05, 4.69) is 0 Å². The summed E-state index contributed by atoms with van der Waals surface area (Å²) in [6, 6.07) is 17.6. The van der Waals surface area contributed by atoms with Gasteiger partial charge in [0.25, 0.3) is 0 Å². The summed E-state index contributed by atoms with van der Waals surface area (Å²) in [5.74, 6) is -1.21. The summed E-state index contributed by atoms with van der Waals surface area (Å²) in [6.07, 6.45) is 0.998. The summed E-state index contributed by atoms with van der Waals surface area (Å²) in [5.41, 5.74) is 3.33. The van der Waals surface area contributed by atoms with Crippen molar-refractivity contribution in [3.05, 3.63) is 121 Å². The number of methoxy groups -OCH3 is 1. The van der Waals surface area contributed by atoms with E-state index in [0.29, 0.717) is 14.7 Å². The van der Waals surface area contributed by atoms with Crippen molar-refractivity contribution in [3.8, 4) is 11.4 Å². The largest absolute Gasteiger partial charge is 0.494 e. The molecule has 0 aliphatic rings. The number of hydrogen-bond acceptors (Lipinski definition) is 7. The van der Waals surface area contributed by atoms with E-state index in [0.717, 1.165) is 10.8 Å². The number of aromatic nitrogens is 3. The van der Waals surface area contributed by atoms with Crippen LogP contribution in [-0.4, -0.2) is 35.5 Å². The lowest BCUT2D eigenvalue weighted by molar-refractivity contribution is 0.384. The fourth-order valence-electron chi connectivity index (χ4n) is 4.13. The van der Waals surface area contributed by atoms with Crippen LogP contribution in [0.5, 0.6) is 5.75 Å². The maximum absolute atomic E-state index is 15.2. The molecule has 1 heterocycles. The minimum Gasteiger partial charge on any atom is -0.494 e. The van der Waals surface area contributed by atoms with Crippen LogP contribution in [0.25, 0.3) is 5.69 Å². The molecule has 12 heteroatoms. The van der Waals surface area contributed by atoms with Crippen molar-refractivity contribution < 1.29 is 17.5 Å². The highest BCUT2D eigenvalue weighted by molar-refractivity contribution is 7.90. The van der Waals surface area contributed by atoms with Gasteiger partial charge in [-0.2, -0.15) is 0 Å². The number of rotatable bonds is 8. The van der Waals surface area contributed by atoms with Gasteiger partial charge in [-0.25, -0.2) is 40.9 Å². The van der Waals surface area contributed by atoms with Gasteiger partial charge in [0.05, 0.1) is 30.8 Å². The van der Waals surface area contributed by atoms with E-state index >= 15 is 4.39 Å². The molecule has 0 radical (unpaired) electrons. The van der Waals surface area contributed by atoms with Crippen molar-refractivity contribution in [2.24, 2.45) is 5.73 Å². The van der Waals surface area contributed by atoms with E-state index in [1.54, 1.807) is 36.4 Å². The average Bonchev–Trinajstić information content (AvgIpc) is 2.90. The molecule has 0 aliphatic carbocycles. The molecule has 2 N–H and O–H groups in total. The number of ether oxygens (including phenoxy) is 1. The molecule has 4 rings (SSSR count). The number of hydrogen-bond donors (Lipinski definition) is 1. The average molecular weight is 541 g/mol. The fraction of sp³-hybridized carbons (Fsp3) is 0.192. The summed E-state index contributed by atoms with van der Waals surface area (Å²) < 4.78 is 46.8. The standard InChI is InChI=1S/C26H25FN4O6S/c1-37-21-13-8-12-20(23(21)27)31-25(33)29(15-18-11-6-7-14-22(18)38(2,35)36)24(32)30(26(31)34)16-19(28)17-9-4-3-5-10-17/h3-14,19H,15-16,28H2,1-2H3. The van der Waals surface area contributed by atoms with Crippen LogP contribution in [0.4, 0.5) is 4.39 Å². The number of nitrogens with zero attached hydrogens (tertiary/aromatic N) is 3. The third-order valence-electron chi connectivity index (χ3n) is 6.02. The summed E-state index contributed by atoms with van der Waals surface area (Å²) in [5, 5.41) is 0. The second-order valence-corrected chi connectivity index (χ2v) is 10.6. The van der Waals surface area contributed by atoms with E-state index in [1.807, 2.05) is 0 Å². The van der Waals surface area contributed by atoms with Crippen molar-refractivity contribution in [1.82, 2.24) is 13.7 Å². The first kappa shape index (κ1) is 26.8. The van der Waals surface area contributed by atoms with Crippen LogP contribution in [0, 0.1) is 5.82 Å². The van der Waals surface area contributed by atoms with Crippen LogP contribution in [0.3, 0.4) is 0 Å². The zero-order chi connectivity index (χ0) is 27.6. The van der Waals surface area contributed by atoms with Crippen molar-refractivity contribution in [2.75, 3.05) is 13.4 Å². The molecular formula is C26H25FN4O6S. The van der Waals surface area contributed by atoms with Gasteiger partial charge >= 0.3 is 17.1 Å². The zero-order valence-corrected chi connectivity index (χ0v) is 21.4. The predicted octanol–water partition coefficient (Wildman–Crippen LogP) is 1.46. The minimum atomic E-state index is -3.72. The summed E-state index contributed by atoms with van der Waals surface area (Å²) in [4.78, 5) is 40.5.